The second-order valence-corrected chi connectivity index (χ2v) is 5.98. The first-order chi connectivity index (χ1) is 11.8. The number of carbonyl (C=O) groups is 1. The average molecular weight is 321 g/mol. The van der Waals surface area contributed by atoms with E-state index < -0.39 is 0 Å². The fraction of sp³-hybridized carbons (Fsp3) is 0.263. The van der Waals surface area contributed by atoms with E-state index in [1.807, 2.05) is 58.0 Å². The minimum absolute atomic E-state index is 0.156. The van der Waals surface area contributed by atoms with Crippen LogP contribution in [0.5, 0.6) is 0 Å². The molecule has 1 amide bonds. The maximum atomic E-state index is 12.6. The summed E-state index contributed by atoms with van der Waals surface area (Å²) < 4.78 is 7.31. The van der Waals surface area contributed by atoms with E-state index in [4.69, 9.17) is 4.42 Å². The van der Waals surface area contributed by atoms with Crippen LogP contribution in [0.25, 0.3) is 23.2 Å². The molecule has 0 bridgehead atoms. The van der Waals surface area contributed by atoms with Gasteiger partial charge < -0.3 is 13.9 Å². The molecular weight excluding hydrogens is 302 g/mol. The highest BCUT2D eigenvalue weighted by Gasteiger charge is 2.20. The largest absolute Gasteiger partial charge is 0.465 e. The number of para-hydroxylation sites is 2. The molecule has 24 heavy (non-hydrogen) atoms. The summed E-state index contributed by atoms with van der Waals surface area (Å²) in [4.78, 5) is 19.2. The van der Waals surface area contributed by atoms with Crippen LogP contribution in [0.1, 0.15) is 24.4 Å². The molecule has 4 rings (SSSR count). The summed E-state index contributed by atoms with van der Waals surface area (Å²) >= 11 is 0. The molecule has 0 N–H and O–H groups in total. The zero-order chi connectivity index (χ0) is 16.4. The van der Waals surface area contributed by atoms with Crippen molar-refractivity contribution in [1.82, 2.24) is 14.5 Å². The van der Waals surface area contributed by atoms with Gasteiger partial charge >= 0.3 is 0 Å². The van der Waals surface area contributed by atoms with Crippen LogP contribution in [0, 0.1) is 0 Å². The normalized spacial score (nSPS) is 14.9. The van der Waals surface area contributed by atoms with Crippen LogP contribution in [0.3, 0.4) is 0 Å². The summed E-state index contributed by atoms with van der Waals surface area (Å²) in [7, 11) is 0. The first-order valence-corrected chi connectivity index (χ1v) is 8.26. The zero-order valence-corrected chi connectivity index (χ0v) is 13.4. The van der Waals surface area contributed by atoms with Crippen molar-refractivity contribution < 1.29 is 9.21 Å². The number of fused-ring (bicyclic) bond motifs is 1. The first-order valence-electron chi connectivity index (χ1n) is 8.26. The summed E-state index contributed by atoms with van der Waals surface area (Å²) in [6.07, 6.45) is 7.61. The van der Waals surface area contributed by atoms with E-state index in [1.54, 1.807) is 6.26 Å². The predicted octanol–water partition coefficient (Wildman–Crippen LogP) is 3.42. The standard InChI is InChI=1S/C19H19N3O2/c23-19(21-11-3-4-12-21)14-22-17-8-2-1-7-16(17)20-18(22)10-9-15-6-5-13-24-15/h1-2,5-10,13H,3-4,11-12,14H2/b10-9+. The third kappa shape index (κ3) is 2.85. The highest BCUT2D eigenvalue weighted by atomic mass is 16.3. The molecule has 5 nitrogen and oxygen atoms in total. The van der Waals surface area contributed by atoms with Crippen molar-refractivity contribution in [1.29, 1.82) is 0 Å². The van der Waals surface area contributed by atoms with Crippen LogP contribution in [-0.2, 0) is 11.3 Å². The van der Waals surface area contributed by atoms with Crippen LogP contribution >= 0.6 is 0 Å². The summed E-state index contributed by atoms with van der Waals surface area (Å²) in [5, 5.41) is 0. The summed E-state index contributed by atoms with van der Waals surface area (Å²) in [5.41, 5.74) is 1.87. The van der Waals surface area contributed by atoms with Gasteiger partial charge in [-0.05, 0) is 49.3 Å². The van der Waals surface area contributed by atoms with Crippen molar-refractivity contribution in [3.05, 3.63) is 54.2 Å². The summed E-state index contributed by atoms with van der Waals surface area (Å²) in [6.45, 7) is 2.05. The Hall–Kier alpha value is -2.82. The van der Waals surface area contributed by atoms with E-state index in [9.17, 15) is 4.79 Å². The molecule has 0 unspecified atom stereocenters. The Morgan fingerprint density at radius 3 is 2.75 bits per heavy atom. The van der Waals surface area contributed by atoms with Gasteiger partial charge in [0.2, 0.25) is 5.91 Å². The monoisotopic (exact) mass is 321 g/mol. The highest BCUT2D eigenvalue weighted by molar-refractivity contribution is 5.83. The van der Waals surface area contributed by atoms with Gasteiger partial charge in [0.1, 0.15) is 18.1 Å². The molecule has 3 heterocycles. The molecule has 0 aliphatic carbocycles. The number of aromatic nitrogens is 2. The highest BCUT2D eigenvalue weighted by Crippen LogP contribution is 2.19. The summed E-state index contributed by atoms with van der Waals surface area (Å²) in [6, 6.07) is 11.6. The van der Waals surface area contributed by atoms with Gasteiger partial charge in [0.15, 0.2) is 0 Å². The van der Waals surface area contributed by atoms with Gasteiger partial charge in [-0.2, -0.15) is 0 Å². The zero-order valence-electron chi connectivity index (χ0n) is 13.4. The fourth-order valence-corrected chi connectivity index (χ4v) is 3.13. The Morgan fingerprint density at radius 1 is 1.12 bits per heavy atom. The topological polar surface area (TPSA) is 51.3 Å². The Kier molecular flexibility index (Phi) is 3.91. The molecule has 5 heteroatoms. The number of furan rings is 1. The maximum absolute atomic E-state index is 12.6. The molecular formula is C19H19N3O2. The molecule has 0 radical (unpaired) electrons. The van der Waals surface area contributed by atoms with Gasteiger partial charge in [0, 0.05) is 13.1 Å². The fourth-order valence-electron chi connectivity index (χ4n) is 3.13. The number of hydrogen-bond donors (Lipinski definition) is 0. The number of nitrogens with zero attached hydrogens (tertiary/aromatic N) is 3. The number of amides is 1. The number of rotatable bonds is 4. The average Bonchev–Trinajstić information content (AvgIpc) is 3.34. The van der Waals surface area contributed by atoms with E-state index >= 15 is 0 Å². The quantitative estimate of drug-likeness (QED) is 0.740. The van der Waals surface area contributed by atoms with E-state index in [2.05, 4.69) is 4.98 Å². The Balaban J connectivity index is 1.68. The van der Waals surface area contributed by atoms with Gasteiger partial charge in [0.25, 0.3) is 0 Å². The smallest absolute Gasteiger partial charge is 0.242 e. The second-order valence-electron chi connectivity index (χ2n) is 5.98. The lowest BCUT2D eigenvalue weighted by Crippen LogP contribution is -2.31. The van der Waals surface area contributed by atoms with Crippen LogP contribution in [0.4, 0.5) is 0 Å². The molecule has 0 saturated carbocycles. The molecule has 1 saturated heterocycles. The Morgan fingerprint density at radius 2 is 1.96 bits per heavy atom. The van der Waals surface area contributed by atoms with Crippen molar-refractivity contribution in [3.63, 3.8) is 0 Å². The minimum atomic E-state index is 0.156. The predicted molar refractivity (Wildman–Crippen MR) is 93.2 cm³/mol. The molecule has 1 fully saturated rings. The van der Waals surface area contributed by atoms with Crippen LogP contribution in [-0.4, -0.2) is 33.4 Å². The molecule has 0 atom stereocenters. The molecule has 1 aliphatic heterocycles. The SMILES string of the molecule is O=C(Cn1c(/C=C/c2ccco2)nc2ccccc21)N1CCCC1. The van der Waals surface area contributed by atoms with Gasteiger partial charge in [0.05, 0.1) is 17.3 Å². The lowest BCUT2D eigenvalue weighted by molar-refractivity contribution is -0.130. The number of likely N-dealkylation sites (tertiary alicyclic amines) is 1. The van der Waals surface area contributed by atoms with Crippen LogP contribution in [0.15, 0.2) is 47.1 Å². The summed E-state index contributed by atoms with van der Waals surface area (Å²) in [5.74, 6) is 1.68. The van der Waals surface area contributed by atoms with Crippen LogP contribution in [0.2, 0.25) is 0 Å². The molecule has 3 aromatic rings. The van der Waals surface area contributed by atoms with Crippen molar-refractivity contribution in [2.45, 2.75) is 19.4 Å². The molecule has 1 aliphatic rings. The van der Waals surface area contributed by atoms with Crippen molar-refractivity contribution in [2.24, 2.45) is 0 Å². The van der Waals surface area contributed by atoms with Gasteiger partial charge in [-0.15, -0.1) is 0 Å². The number of hydrogen-bond acceptors (Lipinski definition) is 3. The van der Waals surface area contributed by atoms with E-state index in [1.165, 1.54) is 0 Å². The van der Waals surface area contributed by atoms with Gasteiger partial charge in [-0.1, -0.05) is 12.1 Å². The maximum Gasteiger partial charge on any atom is 0.242 e. The lowest BCUT2D eigenvalue weighted by Gasteiger charge is -2.16. The van der Waals surface area contributed by atoms with E-state index in [0.29, 0.717) is 6.54 Å². The third-order valence-electron chi connectivity index (χ3n) is 4.38. The van der Waals surface area contributed by atoms with Crippen molar-refractivity contribution in [3.8, 4) is 0 Å². The minimum Gasteiger partial charge on any atom is -0.465 e. The molecule has 1 aromatic carbocycles. The van der Waals surface area contributed by atoms with Gasteiger partial charge in [-0.3, -0.25) is 4.79 Å². The first kappa shape index (κ1) is 14.8. The van der Waals surface area contributed by atoms with E-state index in [0.717, 1.165) is 48.5 Å². The Labute approximate surface area is 140 Å². The number of benzene rings is 1. The molecule has 2 aromatic heterocycles. The third-order valence-corrected chi connectivity index (χ3v) is 4.38. The number of imidazole rings is 1. The van der Waals surface area contributed by atoms with E-state index in [-0.39, 0.29) is 5.91 Å². The van der Waals surface area contributed by atoms with Crippen molar-refractivity contribution >= 4 is 29.1 Å². The molecule has 0 spiro atoms. The van der Waals surface area contributed by atoms with Crippen LogP contribution < -0.4 is 0 Å². The van der Waals surface area contributed by atoms with Gasteiger partial charge in [-0.25, -0.2) is 4.98 Å². The lowest BCUT2D eigenvalue weighted by atomic mass is 10.3. The Bertz CT molecular complexity index is 871. The van der Waals surface area contributed by atoms with Crippen molar-refractivity contribution in [2.75, 3.05) is 13.1 Å². The molecule has 122 valence electrons. The second kappa shape index (κ2) is 6.35. The number of carbonyl (C=O) groups excluding carboxylic acids is 1.